The van der Waals surface area contributed by atoms with Crippen molar-refractivity contribution in [3.8, 4) is 5.75 Å². The first-order chi connectivity index (χ1) is 8.22. The first-order valence-corrected chi connectivity index (χ1v) is 6.62. The highest BCUT2D eigenvalue weighted by molar-refractivity contribution is 6.69. The molecule has 2 rings (SSSR count). The number of nitrogens with zero attached hydrogens (tertiary/aromatic N) is 1. The fourth-order valence-corrected chi connectivity index (χ4v) is 2.77. The summed E-state index contributed by atoms with van der Waals surface area (Å²) in [5.41, 5.74) is 1.39. The summed E-state index contributed by atoms with van der Waals surface area (Å²) in [5.74, 6) is 0.938. The van der Waals surface area contributed by atoms with Gasteiger partial charge in [-0.05, 0) is 37.6 Å². The Bertz CT molecular complexity index is 352. The van der Waals surface area contributed by atoms with Crippen molar-refractivity contribution >= 4 is 12.3 Å². The second-order valence-corrected chi connectivity index (χ2v) is 5.03. The average molecular weight is 231 g/mol. The molecule has 0 N–H and O–H groups in total. The van der Waals surface area contributed by atoms with Crippen molar-refractivity contribution in [3.05, 3.63) is 24.3 Å². The van der Waals surface area contributed by atoms with Crippen LogP contribution in [0, 0.1) is 0 Å². The first kappa shape index (κ1) is 12.5. The van der Waals surface area contributed by atoms with Gasteiger partial charge < -0.3 is 9.55 Å². The highest BCUT2D eigenvalue weighted by Crippen LogP contribution is 2.18. The molecule has 1 aromatic carbocycles. The molecule has 17 heavy (non-hydrogen) atoms. The molecule has 0 saturated carbocycles. The topological polar surface area (TPSA) is 12.5 Å². The molecule has 3 heteroatoms. The Kier molecular flexibility index (Phi) is 4.11. The molecule has 1 aromatic rings. The van der Waals surface area contributed by atoms with E-state index in [1.807, 2.05) is 0 Å². The van der Waals surface area contributed by atoms with Gasteiger partial charge in [0.15, 0.2) is 0 Å². The van der Waals surface area contributed by atoms with Crippen molar-refractivity contribution in [2.45, 2.75) is 39.1 Å². The Hall–Kier alpha value is -0.955. The normalized spacial score (nSPS) is 21.2. The van der Waals surface area contributed by atoms with E-state index < -0.39 is 0 Å². The molecule has 92 valence electrons. The highest BCUT2D eigenvalue weighted by Gasteiger charge is 2.26. The van der Waals surface area contributed by atoms with Gasteiger partial charge in [0.05, 0.1) is 7.11 Å². The van der Waals surface area contributed by atoms with Gasteiger partial charge in [0, 0.05) is 0 Å². The predicted molar refractivity (Wildman–Crippen MR) is 74.3 cm³/mol. The van der Waals surface area contributed by atoms with Gasteiger partial charge in [-0.25, -0.2) is 0 Å². The van der Waals surface area contributed by atoms with Crippen LogP contribution < -0.4 is 10.2 Å². The largest absolute Gasteiger partial charge is 0.497 e. The molecule has 1 unspecified atom stereocenters. The average Bonchev–Trinajstić information content (AvgIpc) is 2.39. The van der Waals surface area contributed by atoms with Crippen molar-refractivity contribution in [3.63, 3.8) is 0 Å². The number of hydrogen-bond acceptors (Lipinski definition) is 2. The van der Waals surface area contributed by atoms with E-state index in [0.29, 0.717) is 12.9 Å². The van der Waals surface area contributed by atoms with Crippen molar-refractivity contribution in [2.24, 2.45) is 0 Å². The summed E-state index contributed by atoms with van der Waals surface area (Å²) >= 11 is 0. The molecule has 1 aliphatic heterocycles. The third-order valence-electron chi connectivity index (χ3n) is 3.95. The monoisotopic (exact) mass is 231 g/mol. The molecule has 0 aliphatic carbocycles. The number of rotatable bonds is 3. The molecule has 0 spiro atoms. The van der Waals surface area contributed by atoms with Crippen LogP contribution in [-0.2, 0) is 0 Å². The van der Waals surface area contributed by atoms with Crippen molar-refractivity contribution < 1.29 is 4.74 Å². The maximum atomic E-state index is 5.20. The van der Waals surface area contributed by atoms with Gasteiger partial charge in [-0.2, -0.15) is 0 Å². The van der Waals surface area contributed by atoms with Crippen LogP contribution in [0.1, 0.15) is 26.2 Å². The number of benzene rings is 1. The second-order valence-electron chi connectivity index (χ2n) is 5.03. The van der Waals surface area contributed by atoms with Crippen LogP contribution in [0.4, 0.5) is 0 Å². The van der Waals surface area contributed by atoms with E-state index >= 15 is 0 Å². The molecular formula is C14H22BNO. The van der Waals surface area contributed by atoms with E-state index in [4.69, 9.17) is 4.74 Å². The SMILES string of the molecule is COc1ccc(B(C)N2CCCCC2C)cc1. The molecule has 1 fully saturated rings. The molecule has 0 amide bonds. The zero-order valence-electron chi connectivity index (χ0n) is 11.1. The van der Waals surface area contributed by atoms with Crippen LogP contribution in [0.15, 0.2) is 24.3 Å². The first-order valence-electron chi connectivity index (χ1n) is 6.62. The summed E-state index contributed by atoms with van der Waals surface area (Å²) in [5, 5.41) is 0. The molecule has 0 radical (unpaired) electrons. The Labute approximate surface area is 105 Å². The number of methoxy groups -OCH3 is 1. The Morgan fingerprint density at radius 3 is 2.53 bits per heavy atom. The van der Waals surface area contributed by atoms with Crippen LogP contribution in [0.5, 0.6) is 5.75 Å². The lowest BCUT2D eigenvalue weighted by Gasteiger charge is -2.37. The standard InChI is InChI=1S/C14H22BNO/c1-12-6-4-5-11-16(12)15(2)13-7-9-14(17-3)10-8-13/h7-10,12H,4-6,11H2,1-3H3. The molecule has 2 nitrogen and oxygen atoms in total. The van der Waals surface area contributed by atoms with Gasteiger partial charge in [0.2, 0.25) is 0 Å². The van der Waals surface area contributed by atoms with Gasteiger partial charge in [-0.15, -0.1) is 0 Å². The smallest absolute Gasteiger partial charge is 0.254 e. The summed E-state index contributed by atoms with van der Waals surface area (Å²) in [6.45, 7) is 6.40. The van der Waals surface area contributed by atoms with Crippen LogP contribution in [-0.4, -0.2) is 31.4 Å². The molecule has 1 atom stereocenters. The maximum absolute atomic E-state index is 5.20. The van der Waals surface area contributed by atoms with E-state index in [2.05, 4.69) is 42.8 Å². The van der Waals surface area contributed by atoms with Crippen LogP contribution in [0.2, 0.25) is 6.82 Å². The summed E-state index contributed by atoms with van der Waals surface area (Å²) < 4.78 is 5.20. The van der Waals surface area contributed by atoms with E-state index in [0.717, 1.165) is 5.75 Å². The van der Waals surface area contributed by atoms with Gasteiger partial charge in [0.1, 0.15) is 5.75 Å². The molecule has 1 heterocycles. The van der Waals surface area contributed by atoms with Gasteiger partial charge in [-0.1, -0.05) is 37.8 Å². The van der Waals surface area contributed by atoms with Crippen molar-refractivity contribution in [2.75, 3.05) is 13.7 Å². The van der Waals surface area contributed by atoms with Crippen LogP contribution >= 0.6 is 0 Å². The van der Waals surface area contributed by atoms with E-state index in [9.17, 15) is 0 Å². The Balaban J connectivity index is 2.09. The minimum atomic E-state index is 0.510. The quantitative estimate of drug-likeness (QED) is 0.740. The summed E-state index contributed by atoms with van der Waals surface area (Å²) in [7, 11) is 1.71. The van der Waals surface area contributed by atoms with E-state index in [-0.39, 0.29) is 0 Å². The van der Waals surface area contributed by atoms with Crippen molar-refractivity contribution in [1.29, 1.82) is 0 Å². The number of hydrogen-bond donors (Lipinski definition) is 0. The summed E-state index contributed by atoms with van der Waals surface area (Å²) in [6, 6.07) is 9.19. The zero-order valence-corrected chi connectivity index (χ0v) is 11.1. The van der Waals surface area contributed by atoms with Gasteiger partial charge in [0.25, 0.3) is 6.85 Å². The van der Waals surface area contributed by atoms with E-state index in [1.165, 1.54) is 31.3 Å². The summed E-state index contributed by atoms with van der Waals surface area (Å²) in [4.78, 5) is 2.62. The van der Waals surface area contributed by atoms with Crippen LogP contribution in [0.3, 0.4) is 0 Å². The molecule has 0 aromatic heterocycles. The molecule has 1 aliphatic rings. The molecule has 0 bridgehead atoms. The summed E-state index contributed by atoms with van der Waals surface area (Å²) in [6.07, 6.45) is 4.05. The van der Waals surface area contributed by atoms with E-state index in [1.54, 1.807) is 7.11 Å². The van der Waals surface area contributed by atoms with Gasteiger partial charge in [-0.3, -0.25) is 0 Å². The molecule has 1 saturated heterocycles. The lowest BCUT2D eigenvalue weighted by atomic mass is 9.55. The minimum absolute atomic E-state index is 0.510. The predicted octanol–water partition coefficient (Wildman–Crippen LogP) is 2.40. The van der Waals surface area contributed by atoms with Crippen LogP contribution in [0.25, 0.3) is 0 Å². The van der Waals surface area contributed by atoms with Crippen molar-refractivity contribution in [1.82, 2.24) is 4.81 Å². The zero-order chi connectivity index (χ0) is 12.3. The fourth-order valence-electron chi connectivity index (χ4n) is 2.77. The number of piperidine rings is 1. The fraction of sp³-hybridized carbons (Fsp3) is 0.571. The third-order valence-corrected chi connectivity index (χ3v) is 3.95. The number of ether oxygens (including phenoxy) is 1. The Morgan fingerprint density at radius 2 is 1.94 bits per heavy atom. The minimum Gasteiger partial charge on any atom is -0.497 e. The molecular weight excluding hydrogens is 209 g/mol. The second kappa shape index (κ2) is 5.59. The lowest BCUT2D eigenvalue weighted by molar-refractivity contribution is 0.271. The highest BCUT2D eigenvalue weighted by atomic mass is 16.5. The Morgan fingerprint density at radius 1 is 1.24 bits per heavy atom. The van der Waals surface area contributed by atoms with Gasteiger partial charge >= 0.3 is 0 Å². The third kappa shape index (κ3) is 2.84. The maximum Gasteiger partial charge on any atom is 0.254 e. The lowest BCUT2D eigenvalue weighted by Crippen LogP contribution is -2.52.